The second-order valence-corrected chi connectivity index (χ2v) is 3.79. The summed E-state index contributed by atoms with van der Waals surface area (Å²) in [4.78, 5) is 6.04. The van der Waals surface area contributed by atoms with E-state index in [1.54, 1.807) is 0 Å². The van der Waals surface area contributed by atoms with Crippen LogP contribution in [0.4, 0.5) is 8.78 Å². The first-order chi connectivity index (χ1) is 7.61. The second-order valence-electron chi connectivity index (χ2n) is 2.99. The van der Waals surface area contributed by atoms with Crippen LogP contribution < -0.4 is 0 Å². The molecule has 0 atom stereocenters. The van der Waals surface area contributed by atoms with Crippen LogP contribution >= 0.6 is 23.8 Å². The van der Waals surface area contributed by atoms with Crippen LogP contribution in [0.2, 0.25) is 5.02 Å². The number of H-pyrrole nitrogens is 1. The predicted octanol–water partition coefficient (Wildman–Crippen LogP) is 3.74. The Kier molecular flexibility index (Phi) is 2.98. The number of nitrogens with zero attached hydrogens (tertiary/aromatic N) is 1. The quantitative estimate of drug-likeness (QED) is 0.790. The zero-order valence-electron chi connectivity index (χ0n) is 7.80. The van der Waals surface area contributed by atoms with Gasteiger partial charge in [-0.1, -0.05) is 29.9 Å². The number of aromatic amines is 1. The van der Waals surface area contributed by atoms with Gasteiger partial charge in [0, 0.05) is 0 Å². The number of hydrogen-bond acceptors (Lipinski definition) is 2. The summed E-state index contributed by atoms with van der Waals surface area (Å²) in [5.74, 6) is -1.41. The van der Waals surface area contributed by atoms with Crippen molar-refractivity contribution in [2.45, 2.75) is 0 Å². The first-order valence-electron chi connectivity index (χ1n) is 4.29. The number of benzene rings is 1. The zero-order valence-corrected chi connectivity index (χ0v) is 9.37. The third-order valence-corrected chi connectivity index (χ3v) is 2.61. The molecule has 2 rings (SSSR count). The summed E-state index contributed by atoms with van der Waals surface area (Å²) >= 11 is 10.5. The molecule has 1 aromatic carbocycles. The normalized spacial score (nSPS) is 10.4. The molecule has 0 bridgehead atoms. The Morgan fingerprint density at radius 1 is 1.31 bits per heavy atom. The van der Waals surface area contributed by atoms with E-state index >= 15 is 0 Å². The topological polar surface area (TPSA) is 28.7 Å². The predicted molar refractivity (Wildman–Crippen MR) is 59.8 cm³/mol. The molecule has 0 fully saturated rings. The van der Waals surface area contributed by atoms with Gasteiger partial charge in [-0.3, -0.25) is 0 Å². The summed E-state index contributed by atoms with van der Waals surface area (Å²) in [5.41, 5.74) is -0.140. The minimum absolute atomic E-state index is 0.0461. The van der Waals surface area contributed by atoms with E-state index in [1.807, 2.05) is 0 Å². The van der Waals surface area contributed by atoms with Gasteiger partial charge < -0.3 is 4.98 Å². The molecule has 0 aliphatic rings. The monoisotopic (exact) mass is 258 g/mol. The lowest BCUT2D eigenvalue weighted by molar-refractivity contribution is 0.603. The number of aromatic nitrogens is 2. The van der Waals surface area contributed by atoms with E-state index in [-0.39, 0.29) is 20.9 Å². The van der Waals surface area contributed by atoms with Crippen molar-refractivity contribution in [2.75, 3.05) is 0 Å². The molecule has 1 N–H and O–H groups in total. The first-order valence-corrected chi connectivity index (χ1v) is 5.07. The summed E-state index contributed by atoms with van der Waals surface area (Å²) < 4.78 is 26.9. The van der Waals surface area contributed by atoms with Crippen LogP contribution in [0, 0.1) is 16.3 Å². The van der Waals surface area contributed by atoms with Crippen LogP contribution in [-0.2, 0) is 0 Å². The van der Waals surface area contributed by atoms with Crippen LogP contribution in [-0.4, -0.2) is 9.97 Å². The van der Waals surface area contributed by atoms with Gasteiger partial charge in [-0.25, -0.2) is 13.8 Å². The van der Waals surface area contributed by atoms with Crippen LogP contribution in [0.1, 0.15) is 0 Å². The highest BCUT2D eigenvalue weighted by atomic mass is 35.5. The summed E-state index contributed by atoms with van der Waals surface area (Å²) in [6, 6.07) is 4.10. The Labute approximate surface area is 99.9 Å². The van der Waals surface area contributed by atoms with Crippen molar-refractivity contribution in [1.82, 2.24) is 9.97 Å². The van der Waals surface area contributed by atoms with Crippen molar-refractivity contribution < 1.29 is 8.78 Å². The van der Waals surface area contributed by atoms with Gasteiger partial charge in [-0.2, -0.15) is 0 Å². The molecule has 2 aromatic rings. The first kappa shape index (κ1) is 11.2. The lowest BCUT2D eigenvalue weighted by Gasteiger charge is -2.06. The molecule has 1 heterocycles. The molecule has 0 saturated carbocycles. The molecular weight excluding hydrogens is 254 g/mol. The molecule has 0 unspecified atom stereocenters. The molecule has 1 aromatic heterocycles. The summed E-state index contributed by atoms with van der Waals surface area (Å²) in [5, 5.41) is 0.107. The highest BCUT2D eigenvalue weighted by molar-refractivity contribution is 7.71. The molecule has 6 heteroatoms. The maximum atomic E-state index is 13.6. The van der Waals surface area contributed by atoms with Crippen LogP contribution in [0.15, 0.2) is 24.5 Å². The van der Waals surface area contributed by atoms with E-state index in [9.17, 15) is 8.78 Å². The standard InChI is InChI=1S/C10H5ClF2N2S/c11-5-2-1-3-6(12)7(5)9-8(13)10(16)15-4-14-9/h1-4H,(H,14,15,16). The molecule has 0 aliphatic heterocycles. The van der Waals surface area contributed by atoms with Crippen molar-refractivity contribution in [3.8, 4) is 11.3 Å². The summed E-state index contributed by atoms with van der Waals surface area (Å²) in [6.45, 7) is 0. The van der Waals surface area contributed by atoms with Crippen molar-refractivity contribution >= 4 is 23.8 Å². The minimum atomic E-state index is -0.787. The molecule has 2 nitrogen and oxygen atoms in total. The van der Waals surface area contributed by atoms with E-state index < -0.39 is 11.6 Å². The largest absolute Gasteiger partial charge is 0.343 e. The van der Waals surface area contributed by atoms with Crippen LogP contribution in [0.3, 0.4) is 0 Å². The molecule has 16 heavy (non-hydrogen) atoms. The maximum Gasteiger partial charge on any atom is 0.184 e. The highest BCUT2D eigenvalue weighted by Crippen LogP contribution is 2.30. The number of nitrogens with one attached hydrogen (secondary N) is 1. The average Bonchev–Trinajstić information content (AvgIpc) is 2.24. The van der Waals surface area contributed by atoms with E-state index in [0.717, 1.165) is 0 Å². The Morgan fingerprint density at radius 3 is 2.75 bits per heavy atom. The lowest BCUT2D eigenvalue weighted by Crippen LogP contribution is -1.95. The lowest BCUT2D eigenvalue weighted by atomic mass is 10.1. The zero-order chi connectivity index (χ0) is 11.7. The van der Waals surface area contributed by atoms with E-state index in [0.29, 0.717) is 0 Å². The van der Waals surface area contributed by atoms with Crippen molar-refractivity contribution in [2.24, 2.45) is 0 Å². The van der Waals surface area contributed by atoms with Gasteiger partial charge in [0.15, 0.2) is 10.5 Å². The Bertz CT molecular complexity index is 577. The number of rotatable bonds is 1. The van der Waals surface area contributed by atoms with Crippen molar-refractivity contribution in [3.63, 3.8) is 0 Å². The highest BCUT2D eigenvalue weighted by Gasteiger charge is 2.15. The van der Waals surface area contributed by atoms with Gasteiger partial charge in [-0.05, 0) is 12.1 Å². The number of hydrogen-bond donors (Lipinski definition) is 1. The third-order valence-electron chi connectivity index (χ3n) is 2.01. The Hall–Kier alpha value is -1.33. The molecule has 0 radical (unpaired) electrons. The fourth-order valence-corrected chi connectivity index (χ4v) is 1.71. The van der Waals surface area contributed by atoms with Gasteiger partial charge >= 0.3 is 0 Å². The van der Waals surface area contributed by atoms with Crippen molar-refractivity contribution in [3.05, 3.63) is 45.8 Å². The van der Waals surface area contributed by atoms with E-state index in [1.165, 1.54) is 24.5 Å². The Balaban J connectivity index is 2.78. The smallest absolute Gasteiger partial charge is 0.184 e. The maximum absolute atomic E-state index is 13.6. The molecule has 0 aliphatic carbocycles. The second kappa shape index (κ2) is 4.27. The Morgan fingerprint density at radius 2 is 2.06 bits per heavy atom. The molecule has 0 spiro atoms. The SMILES string of the molecule is Fc1cccc(Cl)c1-c1[nH]cnc(=S)c1F. The van der Waals surface area contributed by atoms with E-state index in [2.05, 4.69) is 22.2 Å². The molecule has 82 valence electrons. The molecule has 0 saturated heterocycles. The van der Waals surface area contributed by atoms with Gasteiger partial charge in [-0.15, -0.1) is 0 Å². The minimum Gasteiger partial charge on any atom is -0.343 e. The fourth-order valence-electron chi connectivity index (χ4n) is 1.30. The molecular formula is C10H5ClF2N2S. The van der Waals surface area contributed by atoms with Gasteiger partial charge in [0.05, 0.1) is 22.6 Å². The third kappa shape index (κ3) is 1.83. The van der Waals surface area contributed by atoms with E-state index in [4.69, 9.17) is 11.6 Å². The molecule has 0 amide bonds. The van der Waals surface area contributed by atoms with Crippen LogP contribution in [0.25, 0.3) is 11.3 Å². The number of halogens is 3. The average molecular weight is 259 g/mol. The van der Waals surface area contributed by atoms with Gasteiger partial charge in [0.2, 0.25) is 0 Å². The summed E-state index contributed by atoms with van der Waals surface area (Å²) in [6.07, 6.45) is 1.20. The summed E-state index contributed by atoms with van der Waals surface area (Å²) in [7, 11) is 0. The van der Waals surface area contributed by atoms with Gasteiger partial charge in [0.1, 0.15) is 5.82 Å². The van der Waals surface area contributed by atoms with Gasteiger partial charge in [0.25, 0.3) is 0 Å². The fraction of sp³-hybridized carbons (Fsp3) is 0. The van der Waals surface area contributed by atoms with Crippen molar-refractivity contribution in [1.29, 1.82) is 0 Å². The van der Waals surface area contributed by atoms with Crippen LogP contribution in [0.5, 0.6) is 0 Å².